The first-order valence-electron chi connectivity index (χ1n) is 4.68. The maximum Gasteiger partial charge on any atom is 0.272 e. The third-order valence-electron chi connectivity index (χ3n) is 2.26. The number of aromatic amines is 1. The van der Waals surface area contributed by atoms with Crippen molar-refractivity contribution in [3.63, 3.8) is 0 Å². The Bertz CT molecular complexity index is 591. The number of hydrazine groups is 1. The molecular weight excluding hydrogens is 208 g/mol. The molecule has 6 heteroatoms. The molecule has 82 valence electrons. The summed E-state index contributed by atoms with van der Waals surface area (Å²) < 4.78 is 0. The lowest BCUT2D eigenvalue weighted by Gasteiger charge is -2.03. The number of H-pyrrole nitrogens is 1. The van der Waals surface area contributed by atoms with Crippen molar-refractivity contribution >= 4 is 16.7 Å². The number of hydrogen-bond acceptors (Lipinski definition) is 4. The minimum Gasteiger partial charge on any atom is -0.294 e. The minimum absolute atomic E-state index is 0.0355. The summed E-state index contributed by atoms with van der Waals surface area (Å²) in [5.74, 6) is 4.64. The molecule has 1 aromatic carbocycles. The monoisotopic (exact) mass is 218 g/mol. The van der Waals surface area contributed by atoms with E-state index in [4.69, 9.17) is 5.84 Å². The van der Waals surface area contributed by atoms with Gasteiger partial charge in [0.2, 0.25) is 5.91 Å². The third-order valence-corrected chi connectivity index (χ3v) is 2.26. The highest BCUT2D eigenvalue weighted by Gasteiger charge is 2.09. The number of nitrogens with zero attached hydrogens (tertiary/aromatic N) is 1. The van der Waals surface area contributed by atoms with Gasteiger partial charge in [0.1, 0.15) is 0 Å². The van der Waals surface area contributed by atoms with E-state index in [0.29, 0.717) is 16.5 Å². The molecule has 16 heavy (non-hydrogen) atoms. The maximum atomic E-state index is 11.4. The maximum absolute atomic E-state index is 11.4. The van der Waals surface area contributed by atoms with Crippen molar-refractivity contribution in [1.82, 2.24) is 15.6 Å². The van der Waals surface area contributed by atoms with Crippen molar-refractivity contribution in [3.8, 4) is 0 Å². The standard InChI is InChI=1S/C10H10N4O2/c11-12-9(15)5-8-6-3-1-2-4-7(6)10(16)14-13-8/h1-4H,5,11H2,(H,12,15)(H,14,16). The van der Waals surface area contributed by atoms with Gasteiger partial charge >= 0.3 is 0 Å². The molecule has 1 aromatic heterocycles. The smallest absolute Gasteiger partial charge is 0.272 e. The van der Waals surface area contributed by atoms with E-state index in [1.165, 1.54) is 0 Å². The Balaban J connectivity index is 2.59. The molecule has 0 aliphatic rings. The molecule has 1 heterocycles. The molecule has 0 unspecified atom stereocenters. The predicted octanol–water partition coefficient (Wildman–Crippen LogP) is -0.544. The van der Waals surface area contributed by atoms with Gasteiger partial charge in [0.05, 0.1) is 17.5 Å². The summed E-state index contributed by atoms with van der Waals surface area (Å²) in [6.45, 7) is 0. The van der Waals surface area contributed by atoms with E-state index < -0.39 is 0 Å². The van der Waals surface area contributed by atoms with Crippen LogP contribution in [-0.2, 0) is 11.2 Å². The largest absolute Gasteiger partial charge is 0.294 e. The molecule has 0 spiro atoms. The Morgan fingerprint density at radius 1 is 1.38 bits per heavy atom. The van der Waals surface area contributed by atoms with Crippen LogP contribution in [0.3, 0.4) is 0 Å². The van der Waals surface area contributed by atoms with Crippen LogP contribution in [0.5, 0.6) is 0 Å². The molecule has 0 radical (unpaired) electrons. The second-order valence-electron chi connectivity index (χ2n) is 3.29. The second kappa shape index (κ2) is 4.11. The molecule has 6 nitrogen and oxygen atoms in total. The number of nitrogens with one attached hydrogen (secondary N) is 2. The summed E-state index contributed by atoms with van der Waals surface area (Å²) in [6, 6.07) is 6.97. The Morgan fingerprint density at radius 2 is 2.06 bits per heavy atom. The quantitative estimate of drug-likeness (QED) is 0.358. The van der Waals surface area contributed by atoms with Gasteiger partial charge in [-0.2, -0.15) is 5.10 Å². The van der Waals surface area contributed by atoms with Gasteiger partial charge in [0, 0.05) is 5.39 Å². The van der Waals surface area contributed by atoms with E-state index in [9.17, 15) is 9.59 Å². The summed E-state index contributed by atoms with van der Waals surface area (Å²) in [5, 5.41) is 7.36. The molecular formula is C10H10N4O2. The number of amides is 1. The number of aromatic nitrogens is 2. The summed E-state index contributed by atoms with van der Waals surface area (Å²) in [7, 11) is 0. The topological polar surface area (TPSA) is 101 Å². The van der Waals surface area contributed by atoms with Crippen molar-refractivity contribution in [1.29, 1.82) is 0 Å². The Kier molecular flexibility index (Phi) is 2.65. The van der Waals surface area contributed by atoms with Crippen molar-refractivity contribution in [3.05, 3.63) is 40.3 Å². The summed E-state index contributed by atoms with van der Waals surface area (Å²) in [6.07, 6.45) is 0.0355. The normalized spacial score (nSPS) is 10.3. The molecule has 0 bridgehead atoms. The molecule has 0 aliphatic carbocycles. The van der Waals surface area contributed by atoms with Crippen LogP contribution in [0.2, 0.25) is 0 Å². The molecule has 0 saturated heterocycles. The lowest BCUT2D eigenvalue weighted by Crippen LogP contribution is -2.32. The number of carbonyl (C=O) groups excluding carboxylic acids is 1. The van der Waals surface area contributed by atoms with E-state index in [0.717, 1.165) is 0 Å². The Labute approximate surface area is 90.4 Å². The second-order valence-corrected chi connectivity index (χ2v) is 3.29. The van der Waals surface area contributed by atoms with Crippen LogP contribution in [0.15, 0.2) is 29.1 Å². The lowest BCUT2D eigenvalue weighted by atomic mass is 10.1. The zero-order chi connectivity index (χ0) is 11.5. The average Bonchev–Trinajstić information content (AvgIpc) is 2.33. The number of benzene rings is 1. The average molecular weight is 218 g/mol. The number of rotatable bonds is 2. The Hall–Kier alpha value is -2.21. The zero-order valence-corrected chi connectivity index (χ0v) is 8.36. The van der Waals surface area contributed by atoms with Crippen molar-refractivity contribution in [2.24, 2.45) is 5.84 Å². The van der Waals surface area contributed by atoms with Crippen molar-refractivity contribution in [2.45, 2.75) is 6.42 Å². The van der Waals surface area contributed by atoms with E-state index >= 15 is 0 Å². The van der Waals surface area contributed by atoms with Gasteiger partial charge in [0.15, 0.2) is 0 Å². The molecule has 4 N–H and O–H groups in total. The van der Waals surface area contributed by atoms with Crippen LogP contribution in [0.1, 0.15) is 5.69 Å². The van der Waals surface area contributed by atoms with E-state index in [2.05, 4.69) is 10.2 Å². The van der Waals surface area contributed by atoms with Crippen LogP contribution in [0.4, 0.5) is 0 Å². The fourth-order valence-electron chi connectivity index (χ4n) is 1.51. The predicted molar refractivity (Wildman–Crippen MR) is 58.4 cm³/mol. The molecule has 0 fully saturated rings. The van der Waals surface area contributed by atoms with Gasteiger partial charge in [-0.15, -0.1) is 0 Å². The number of fused-ring (bicyclic) bond motifs is 1. The Morgan fingerprint density at radius 3 is 2.75 bits per heavy atom. The fraction of sp³-hybridized carbons (Fsp3) is 0.100. The first-order valence-corrected chi connectivity index (χ1v) is 4.68. The van der Waals surface area contributed by atoms with Crippen LogP contribution in [0, 0.1) is 0 Å². The number of hydrogen-bond donors (Lipinski definition) is 3. The van der Waals surface area contributed by atoms with Crippen LogP contribution in [0.25, 0.3) is 10.8 Å². The van der Waals surface area contributed by atoms with Gasteiger partial charge in [-0.25, -0.2) is 10.9 Å². The minimum atomic E-state index is -0.357. The van der Waals surface area contributed by atoms with E-state index in [-0.39, 0.29) is 17.9 Å². The van der Waals surface area contributed by atoms with Crippen molar-refractivity contribution in [2.75, 3.05) is 0 Å². The first kappa shape index (κ1) is 10.3. The molecule has 0 atom stereocenters. The SMILES string of the molecule is NNC(=O)Cc1n[nH]c(=O)c2ccccc12. The van der Waals surface area contributed by atoms with Gasteiger partial charge < -0.3 is 0 Å². The van der Waals surface area contributed by atoms with Crippen molar-refractivity contribution < 1.29 is 4.79 Å². The van der Waals surface area contributed by atoms with Gasteiger partial charge in [-0.3, -0.25) is 15.0 Å². The third kappa shape index (κ3) is 1.78. The summed E-state index contributed by atoms with van der Waals surface area (Å²) in [4.78, 5) is 22.6. The summed E-state index contributed by atoms with van der Waals surface area (Å²) in [5.41, 5.74) is 2.25. The molecule has 0 aliphatic heterocycles. The highest BCUT2D eigenvalue weighted by molar-refractivity contribution is 5.88. The fourth-order valence-corrected chi connectivity index (χ4v) is 1.51. The van der Waals surface area contributed by atoms with E-state index in [1.807, 2.05) is 5.43 Å². The van der Waals surface area contributed by atoms with Gasteiger partial charge in [-0.05, 0) is 6.07 Å². The highest BCUT2D eigenvalue weighted by Crippen LogP contribution is 2.12. The lowest BCUT2D eigenvalue weighted by molar-refractivity contribution is -0.120. The number of nitrogens with two attached hydrogens (primary N) is 1. The first-order chi connectivity index (χ1) is 7.72. The highest BCUT2D eigenvalue weighted by atomic mass is 16.2. The van der Waals surface area contributed by atoms with E-state index in [1.54, 1.807) is 24.3 Å². The van der Waals surface area contributed by atoms with Crippen LogP contribution < -0.4 is 16.8 Å². The van der Waals surface area contributed by atoms with Gasteiger partial charge in [0.25, 0.3) is 5.56 Å². The molecule has 2 rings (SSSR count). The number of carbonyl (C=O) groups is 1. The molecule has 0 saturated carbocycles. The molecule has 2 aromatic rings. The van der Waals surface area contributed by atoms with Gasteiger partial charge in [-0.1, -0.05) is 18.2 Å². The summed E-state index contributed by atoms with van der Waals surface area (Å²) >= 11 is 0. The van der Waals surface area contributed by atoms with Crippen LogP contribution >= 0.6 is 0 Å². The van der Waals surface area contributed by atoms with Crippen LogP contribution in [-0.4, -0.2) is 16.1 Å². The zero-order valence-electron chi connectivity index (χ0n) is 8.36. The molecule has 1 amide bonds.